The van der Waals surface area contributed by atoms with Crippen LogP contribution >= 0.6 is 0 Å². The predicted molar refractivity (Wildman–Crippen MR) is 143 cm³/mol. The van der Waals surface area contributed by atoms with E-state index in [1.807, 2.05) is 0 Å². The van der Waals surface area contributed by atoms with Crippen LogP contribution in [0.4, 0.5) is 11.4 Å². The summed E-state index contributed by atoms with van der Waals surface area (Å²) in [4.78, 5) is 2.59. The van der Waals surface area contributed by atoms with Gasteiger partial charge in [0.2, 0.25) is 0 Å². The lowest BCUT2D eigenvalue weighted by molar-refractivity contribution is 0.745. The van der Waals surface area contributed by atoms with Gasteiger partial charge < -0.3 is 9.47 Å². The Morgan fingerprint density at radius 2 is 1.65 bits per heavy atom. The lowest BCUT2D eigenvalue weighted by atomic mass is 9.90. The molecule has 164 valence electrons. The summed E-state index contributed by atoms with van der Waals surface area (Å²) >= 11 is 0. The summed E-state index contributed by atoms with van der Waals surface area (Å²) in [5.74, 6) is 0.344. The van der Waals surface area contributed by atoms with Gasteiger partial charge in [0, 0.05) is 28.8 Å². The third kappa shape index (κ3) is 2.88. The number of nitrogens with zero attached hydrogens (tertiary/aromatic N) is 2. The summed E-state index contributed by atoms with van der Waals surface area (Å²) < 4.78 is 2.38. The number of hydrogen-bond donors (Lipinski definition) is 0. The van der Waals surface area contributed by atoms with Crippen LogP contribution in [-0.4, -0.2) is 10.6 Å². The number of para-hydroxylation sites is 2. The van der Waals surface area contributed by atoms with Crippen LogP contribution in [0.5, 0.6) is 0 Å². The average molecular weight is 439 g/mol. The van der Waals surface area contributed by atoms with Crippen molar-refractivity contribution in [2.45, 2.75) is 24.8 Å². The minimum absolute atomic E-state index is 0.259. The zero-order chi connectivity index (χ0) is 22.5. The molecule has 1 aromatic heterocycles. The SMILES string of the molecule is C1=CC2c3cccc(-c4ccccc4)c3N(c3cccc4ccn(C5=CCCC=C5)c34)C2C=C1. The Hall–Kier alpha value is -4.04. The summed E-state index contributed by atoms with van der Waals surface area (Å²) in [5.41, 5.74) is 9.09. The van der Waals surface area contributed by atoms with E-state index in [4.69, 9.17) is 0 Å². The van der Waals surface area contributed by atoms with Gasteiger partial charge in [-0.25, -0.2) is 0 Å². The maximum absolute atomic E-state index is 2.59. The molecule has 7 rings (SSSR count). The van der Waals surface area contributed by atoms with Crippen LogP contribution < -0.4 is 4.90 Å². The smallest absolute Gasteiger partial charge is 0.0767 e. The number of allylic oxidation sites excluding steroid dienone is 6. The molecule has 2 unspecified atom stereocenters. The minimum atomic E-state index is 0.259. The second-order valence-corrected chi connectivity index (χ2v) is 9.28. The van der Waals surface area contributed by atoms with Crippen molar-refractivity contribution in [3.63, 3.8) is 0 Å². The quantitative estimate of drug-likeness (QED) is 0.313. The molecular formula is C32H26N2. The van der Waals surface area contributed by atoms with Crippen LogP contribution in [0.3, 0.4) is 0 Å². The molecule has 0 bridgehead atoms. The minimum Gasteiger partial charge on any atom is -0.331 e. The van der Waals surface area contributed by atoms with Crippen LogP contribution in [0.25, 0.3) is 27.7 Å². The second kappa shape index (κ2) is 7.78. The molecule has 2 nitrogen and oxygen atoms in total. The van der Waals surface area contributed by atoms with Crippen molar-refractivity contribution in [2.75, 3.05) is 4.90 Å². The van der Waals surface area contributed by atoms with E-state index in [9.17, 15) is 0 Å². The standard InChI is InChI=1S/C32H26N2/c1-3-11-23(12-4-1)26-17-10-18-28-27-16-7-8-19-29(27)34(32(26)28)30-20-9-13-24-21-22-33(31(24)30)25-14-5-2-6-15-25/h1,3-5,7-22,27,29H,2,6H2. The molecule has 2 atom stereocenters. The number of fused-ring (bicyclic) bond motifs is 4. The highest BCUT2D eigenvalue weighted by Gasteiger charge is 2.39. The van der Waals surface area contributed by atoms with Gasteiger partial charge >= 0.3 is 0 Å². The van der Waals surface area contributed by atoms with E-state index in [2.05, 4.69) is 131 Å². The summed E-state index contributed by atoms with van der Waals surface area (Å²) in [6.07, 6.45) is 20.5. The van der Waals surface area contributed by atoms with Crippen molar-refractivity contribution in [2.24, 2.45) is 0 Å². The van der Waals surface area contributed by atoms with Gasteiger partial charge in [-0.1, -0.05) is 97.1 Å². The molecular weight excluding hydrogens is 412 g/mol. The molecule has 34 heavy (non-hydrogen) atoms. The van der Waals surface area contributed by atoms with Crippen LogP contribution in [0.1, 0.15) is 24.3 Å². The summed E-state index contributed by atoms with van der Waals surface area (Å²) in [7, 11) is 0. The topological polar surface area (TPSA) is 8.17 Å². The van der Waals surface area contributed by atoms with Gasteiger partial charge in [-0.3, -0.25) is 0 Å². The van der Waals surface area contributed by atoms with Crippen molar-refractivity contribution < 1.29 is 0 Å². The van der Waals surface area contributed by atoms with Gasteiger partial charge in [-0.2, -0.15) is 0 Å². The second-order valence-electron chi connectivity index (χ2n) is 9.28. The highest BCUT2D eigenvalue weighted by Crippen LogP contribution is 2.53. The molecule has 0 saturated heterocycles. The molecule has 3 aromatic carbocycles. The molecule has 1 aliphatic heterocycles. The van der Waals surface area contributed by atoms with E-state index in [1.54, 1.807) is 0 Å². The highest BCUT2D eigenvalue weighted by atomic mass is 15.2. The molecule has 0 spiro atoms. The van der Waals surface area contributed by atoms with Crippen LogP contribution in [0.15, 0.2) is 122 Å². The number of aromatic nitrogens is 1. The fourth-order valence-corrected chi connectivity index (χ4v) is 5.87. The van der Waals surface area contributed by atoms with Gasteiger partial charge in [-0.15, -0.1) is 0 Å². The molecule has 0 saturated carbocycles. The van der Waals surface area contributed by atoms with Crippen LogP contribution in [0, 0.1) is 0 Å². The Morgan fingerprint density at radius 3 is 2.53 bits per heavy atom. The number of benzene rings is 3. The van der Waals surface area contributed by atoms with E-state index in [0.717, 1.165) is 12.8 Å². The normalized spacial score (nSPS) is 20.5. The van der Waals surface area contributed by atoms with Crippen molar-refractivity contribution in [3.8, 4) is 11.1 Å². The molecule has 3 aliphatic rings. The maximum Gasteiger partial charge on any atom is 0.0767 e. The molecule has 0 N–H and O–H groups in total. The zero-order valence-electron chi connectivity index (χ0n) is 19.0. The van der Waals surface area contributed by atoms with Crippen molar-refractivity contribution in [3.05, 3.63) is 127 Å². The summed E-state index contributed by atoms with van der Waals surface area (Å²) in [6, 6.07) is 26.9. The number of rotatable bonds is 3. The Labute approximate surface area is 200 Å². The monoisotopic (exact) mass is 438 g/mol. The lowest BCUT2D eigenvalue weighted by Gasteiger charge is -2.31. The first kappa shape index (κ1) is 19.4. The largest absolute Gasteiger partial charge is 0.331 e. The van der Waals surface area contributed by atoms with Crippen molar-refractivity contribution in [1.29, 1.82) is 0 Å². The van der Waals surface area contributed by atoms with Gasteiger partial charge in [0.25, 0.3) is 0 Å². The molecule has 0 radical (unpaired) electrons. The van der Waals surface area contributed by atoms with Crippen molar-refractivity contribution in [1.82, 2.24) is 4.57 Å². The van der Waals surface area contributed by atoms with E-state index in [-0.39, 0.29) is 6.04 Å². The molecule has 2 heteroatoms. The molecule has 2 heterocycles. The van der Waals surface area contributed by atoms with Crippen LogP contribution in [0.2, 0.25) is 0 Å². The maximum atomic E-state index is 2.59. The third-order valence-corrected chi connectivity index (χ3v) is 7.36. The molecule has 4 aromatic rings. The van der Waals surface area contributed by atoms with E-state index >= 15 is 0 Å². The Bertz CT molecular complexity index is 1510. The van der Waals surface area contributed by atoms with Crippen molar-refractivity contribution >= 4 is 28.0 Å². The first-order valence-electron chi connectivity index (χ1n) is 12.2. The lowest BCUT2D eigenvalue weighted by Crippen LogP contribution is -2.29. The van der Waals surface area contributed by atoms with E-state index in [0.29, 0.717) is 5.92 Å². The predicted octanol–water partition coefficient (Wildman–Crippen LogP) is 8.23. The Balaban J connectivity index is 1.51. The highest BCUT2D eigenvalue weighted by molar-refractivity contribution is 6.00. The number of hydrogen-bond acceptors (Lipinski definition) is 1. The number of anilines is 2. The fourth-order valence-electron chi connectivity index (χ4n) is 5.87. The summed E-state index contributed by atoms with van der Waals surface area (Å²) in [5, 5.41) is 1.27. The summed E-state index contributed by atoms with van der Waals surface area (Å²) in [6.45, 7) is 0. The van der Waals surface area contributed by atoms with Gasteiger partial charge in [0.15, 0.2) is 0 Å². The van der Waals surface area contributed by atoms with Gasteiger partial charge in [-0.05, 0) is 42.2 Å². The Kier molecular flexibility index (Phi) is 4.44. The van der Waals surface area contributed by atoms with E-state index < -0.39 is 0 Å². The van der Waals surface area contributed by atoms with E-state index in [1.165, 1.54) is 44.7 Å². The molecule has 0 amide bonds. The molecule has 2 aliphatic carbocycles. The zero-order valence-corrected chi connectivity index (χ0v) is 19.0. The van der Waals surface area contributed by atoms with Gasteiger partial charge in [0.05, 0.1) is 22.9 Å². The first-order chi connectivity index (χ1) is 16.9. The first-order valence-corrected chi connectivity index (χ1v) is 12.2. The molecule has 0 fully saturated rings. The van der Waals surface area contributed by atoms with Crippen LogP contribution in [-0.2, 0) is 0 Å². The fraction of sp³-hybridized carbons (Fsp3) is 0.125. The van der Waals surface area contributed by atoms with Gasteiger partial charge in [0.1, 0.15) is 0 Å². The Morgan fingerprint density at radius 1 is 0.765 bits per heavy atom. The third-order valence-electron chi connectivity index (χ3n) is 7.36. The average Bonchev–Trinajstić information content (AvgIpc) is 3.49.